The predicted molar refractivity (Wildman–Crippen MR) is 123 cm³/mol. The summed E-state index contributed by atoms with van der Waals surface area (Å²) in [7, 11) is 0. The largest absolute Gasteiger partial charge is 0.436 e. The zero-order chi connectivity index (χ0) is 22.0. The number of halogens is 2. The summed E-state index contributed by atoms with van der Waals surface area (Å²) in [5.41, 5.74) is 2.56. The van der Waals surface area contributed by atoms with Gasteiger partial charge in [-0.1, -0.05) is 6.07 Å². The highest BCUT2D eigenvalue weighted by Gasteiger charge is 2.16. The summed E-state index contributed by atoms with van der Waals surface area (Å²) < 4.78 is 20.7. The number of benzene rings is 2. The molecule has 0 spiro atoms. The van der Waals surface area contributed by atoms with Gasteiger partial charge in [-0.15, -0.1) is 0 Å². The number of nitrogens with one attached hydrogen (secondary N) is 1. The second-order valence-electron chi connectivity index (χ2n) is 6.79. The molecule has 0 saturated carbocycles. The van der Waals surface area contributed by atoms with E-state index in [2.05, 4.69) is 37.9 Å². The molecule has 0 radical (unpaired) electrons. The Morgan fingerprint density at radius 3 is 2.71 bits per heavy atom. The molecule has 1 amide bonds. The average Bonchev–Trinajstić information content (AvgIpc) is 2.75. The molecule has 0 fully saturated rings. The van der Waals surface area contributed by atoms with Crippen LogP contribution < -0.4 is 10.9 Å². The van der Waals surface area contributed by atoms with Gasteiger partial charge in [0.25, 0.3) is 5.91 Å². The van der Waals surface area contributed by atoms with Crippen molar-refractivity contribution < 1.29 is 18.7 Å². The Kier molecular flexibility index (Phi) is 6.10. The molecule has 2 aromatic heterocycles. The summed E-state index contributed by atoms with van der Waals surface area (Å²) in [6, 6.07) is 14.6. The number of hydrogen-bond acceptors (Lipinski definition) is 5. The lowest BCUT2D eigenvalue weighted by atomic mass is 10.1. The van der Waals surface area contributed by atoms with Crippen molar-refractivity contribution in [3.8, 4) is 0 Å². The number of hydrogen-bond donors (Lipinski definition) is 2. The molecule has 4 aromatic rings. The van der Waals surface area contributed by atoms with Crippen LogP contribution in [0.1, 0.15) is 21.6 Å². The first-order valence-electron chi connectivity index (χ1n) is 9.35. The molecule has 8 heteroatoms. The minimum atomic E-state index is -0.452. The SMILES string of the molecule is Cc1ncc(CO)c2cc(C(=O)Nc3ccc(I)cc3)c(=Nc3cccc(F)c3)oc12. The summed E-state index contributed by atoms with van der Waals surface area (Å²) in [6.45, 7) is 1.49. The van der Waals surface area contributed by atoms with E-state index in [0.717, 1.165) is 3.57 Å². The van der Waals surface area contributed by atoms with Crippen molar-refractivity contribution >= 4 is 50.8 Å². The number of anilines is 1. The van der Waals surface area contributed by atoms with Crippen LogP contribution in [-0.2, 0) is 6.61 Å². The number of fused-ring (bicyclic) bond motifs is 1. The molecule has 0 bridgehead atoms. The van der Waals surface area contributed by atoms with Gasteiger partial charge in [0.15, 0.2) is 5.58 Å². The van der Waals surface area contributed by atoms with Crippen LogP contribution in [0.3, 0.4) is 0 Å². The second-order valence-corrected chi connectivity index (χ2v) is 8.03. The molecule has 0 aliphatic carbocycles. The lowest BCUT2D eigenvalue weighted by Crippen LogP contribution is -2.22. The molecule has 2 N–H and O–H groups in total. The fraction of sp³-hybridized carbons (Fsp3) is 0.0870. The van der Waals surface area contributed by atoms with Gasteiger partial charge in [-0.2, -0.15) is 0 Å². The van der Waals surface area contributed by atoms with Gasteiger partial charge in [-0.05, 0) is 78.0 Å². The highest BCUT2D eigenvalue weighted by atomic mass is 127. The smallest absolute Gasteiger partial charge is 0.261 e. The van der Waals surface area contributed by atoms with E-state index in [1.54, 1.807) is 31.2 Å². The Labute approximate surface area is 190 Å². The predicted octanol–water partition coefficient (Wildman–Crippen LogP) is 4.86. The number of aliphatic hydroxyl groups is 1. The number of aliphatic hydroxyl groups excluding tert-OH is 1. The number of carbonyl (C=O) groups is 1. The minimum Gasteiger partial charge on any atom is -0.436 e. The fourth-order valence-corrected chi connectivity index (χ4v) is 3.41. The molecular weight excluding hydrogens is 512 g/mol. The molecule has 2 aromatic carbocycles. The van der Waals surface area contributed by atoms with Crippen molar-refractivity contribution in [2.45, 2.75) is 13.5 Å². The third kappa shape index (κ3) is 4.64. The van der Waals surface area contributed by atoms with E-state index in [9.17, 15) is 14.3 Å². The zero-order valence-electron chi connectivity index (χ0n) is 16.4. The van der Waals surface area contributed by atoms with E-state index < -0.39 is 11.7 Å². The minimum absolute atomic E-state index is 0.0149. The van der Waals surface area contributed by atoms with Gasteiger partial charge < -0.3 is 14.8 Å². The summed E-state index contributed by atoms with van der Waals surface area (Å²) in [5.74, 6) is -0.896. The number of amides is 1. The number of rotatable bonds is 4. The zero-order valence-corrected chi connectivity index (χ0v) is 18.6. The molecule has 6 nitrogen and oxygen atoms in total. The van der Waals surface area contributed by atoms with E-state index in [1.807, 2.05) is 12.1 Å². The fourth-order valence-electron chi connectivity index (χ4n) is 3.05. The molecule has 0 aliphatic rings. The Morgan fingerprint density at radius 1 is 1.23 bits per heavy atom. The number of pyridine rings is 1. The Morgan fingerprint density at radius 2 is 2.00 bits per heavy atom. The molecule has 156 valence electrons. The topological polar surface area (TPSA) is 87.7 Å². The van der Waals surface area contributed by atoms with Crippen LogP contribution in [0, 0.1) is 16.3 Å². The second kappa shape index (κ2) is 8.94. The summed E-state index contributed by atoms with van der Waals surface area (Å²) in [6.07, 6.45) is 1.54. The Bertz CT molecular complexity index is 1350. The summed E-state index contributed by atoms with van der Waals surface area (Å²) in [5, 5.41) is 13.1. The maximum atomic E-state index is 13.7. The maximum absolute atomic E-state index is 13.7. The summed E-state index contributed by atoms with van der Waals surface area (Å²) in [4.78, 5) is 21.7. The van der Waals surface area contributed by atoms with Crippen molar-refractivity contribution in [3.63, 3.8) is 0 Å². The first-order chi connectivity index (χ1) is 14.9. The van der Waals surface area contributed by atoms with Gasteiger partial charge in [0, 0.05) is 26.4 Å². The Balaban J connectivity index is 1.92. The molecule has 0 aliphatic heterocycles. The lowest BCUT2D eigenvalue weighted by Gasteiger charge is -2.10. The van der Waals surface area contributed by atoms with Gasteiger partial charge in [0.1, 0.15) is 11.4 Å². The molecular formula is C23H17FIN3O3. The molecule has 0 saturated heterocycles. The third-order valence-electron chi connectivity index (χ3n) is 4.61. The first-order valence-corrected chi connectivity index (χ1v) is 10.4. The standard InChI is InChI=1S/C23H17FIN3O3/c1-13-21-19(14(12-29)11-26-13)10-20(22(30)27-17-7-5-16(25)6-8-17)23(31-21)28-18-4-2-3-15(24)9-18/h2-11,29H,12H2,1H3,(H,27,30). The average molecular weight is 529 g/mol. The van der Waals surface area contributed by atoms with Crippen LogP contribution in [-0.4, -0.2) is 16.0 Å². The summed E-state index contributed by atoms with van der Waals surface area (Å²) >= 11 is 2.18. The highest BCUT2D eigenvalue weighted by Crippen LogP contribution is 2.22. The highest BCUT2D eigenvalue weighted by molar-refractivity contribution is 14.1. The van der Waals surface area contributed by atoms with Crippen LogP contribution in [0.25, 0.3) is 11.0 Å². The van der Waals surface area contributed by atoms with Gasteiger partial charge >= 0.3 is 0 Å². The lowest BCUT2D eigenvalue weighted by molar-refractivity contribution is 0.102. The van der Waals surface area contributed by atoms with Crippen LogP contribution in [0.2, 0.25) is 0 Å². The van der Waals surface area contributed by atoms with Crippen LogP contribution in [0.4, 0.5) is 15.8 Å². The van der Waals surface area contributed by atoms with E-state index in [-0.39, 0.29) is 17.7 Å². The molecule has 0 unspecified atom stereocenters. The van der Waals surface area contributed by atoms with Crippen molar-refractivity contribution in [2.24, 2.45) is 4.99 Å². The van der Waals surface area contributed by atoms with E-state index in [4.69, 9.17) is 4.42 Å². The van der Waals surface area contributed by atoms with Gasteiger partial charge in [0.05, 0.1) is 18.0 Å². The molecule has 0 atom stereocenters. The number of carbonyl (C=O) groups excluding carboxylic acids is 1. The van der Waals surface area contributed by atoms with Gasteiger partial charge in [-0.3, -0.25) is 9.78 Å². The van der Waals surface area contributed by atoms with Crippen molar-refractivity contribution in [1.82, 2.24) is 4.98 Å². The monoisotopic (exact) mass is 529 g/mol. The van der Waals surface area contributed by atoms with Gasteiger partial charge in [-0.25, -0.2) is 9.38 Å². The third-order valence-corrected chi connectivity index (χ3v) is 5.33. The van der Waals surface area contributed by atoms with E-state index >= 15 is 0 Å². The normalized spacial score (nSPS) is 11.7. The first kappa shape index (κ1) is 21.1. The van der Waals surface area contributed by atoms with Crippen LogP contribution in [0.5, 0.6) is 0 Å². The maximum Gasteiger partial charge on any atom is 0.261 e. The number of nitrogens with zero attached hydrogens (tertiary/aromatic N) is 2. The van der Waals surface area contributed by atoms with Crippen LogP contribution in [0.15, 0.2) is 70.2 Å². The van der Waals surface area contributed by atoms with Crippen molar-refractivity contribution in [1.29, 1.82) is 0 Å². The van der Waals surface area contributed by atoms with E-state index in [1.165, 1.54) is 24.4 Å². The van der Waals surface area contributed by atoms with Crippen molar-refractivity contribution in [3.05, 3.63) is 92.6 Å². The number of aromatic nitrogens is 1. The molecule has 2 heterocycles. The van der Waals surface area contributed by atoms with Crippen LogP contribution >= 0.6 is 22.6 Å². The molecule has 4 rings (SSSR count). The quantitative estimate of drug-likeness (QED) is 0.370. The molecule has 31 heavy (non-hydrogen) atoms. The van der Waals surface area contributed by atoms with Crippen molar-refractivity contribution in [2.75, 3.05) is 5.32 Å². The van der Waals surface area contributed by atoms with E-state index in [0.29, 0.717) is 33.6 Å². The number of aryl methyl sites for hydroxylation is 1. The van der Waals surface area contributed by atoms with Gasteiger partial charge in [0.2, 0.25) is 5.55 Å². The Hall–Kier alpha value is -3.11.